The third-order valence-electron chi connectivity index (χ3n) is 4.85. The lowest BCUT2D eigenvalue weighted by molar-refractivity contribution is -0.106. The molecule has 1 amide bonds. The molecule has 31 heavy (non-hydrogen) atoms. The van der Waals surface area contributed by atoms with E-state index in [-0.39, 0.29) is 47.6 Å². The number of likely N-dealkylation sites (N-methyl/N-ethyl adjacent to an activating group) is 1. The molecule has 0 unspecified atom stereocenters. The molecule has 3 atom stereocenters. The van der Waals surface area contributed by atoms with Gasteiger partial charge in [-0.25, -0.2) is 8.42 Å². The lowest BCUT2D eigenvalue weighted by atomic mass is 10.0. The van der Waals surface area contributed by atoms with E-state index >= 15 is 0 Å². The van der Waals surface area contributed by atoms with Gasteiger partial charge in [-0.05, 0) is 25.0 Å². The van der Waals surface area contributed by atoms with Crippen molar-refractivity contribution in [3.63, 3.8) is 0 Å². The van der Waals surface area contributed by atoms with Gasteiger partial charge in [0.1, 0.15) is 12.4 Å². The molecule has 1 aromatic carbocycles. The molecule has 0 saturated heterocycles. The highest BCUT2D eigenvalue weighted by atomic mass is 32.2. The second-order valence-corrected chi connectivity index (χ2v) is 9.47. The number of sulfonamides is 1. The third-order valence-corrected chi connectivity index (χ3v) is 6.11. The van der Waals surface area contributed by atoms with Gasteiger partial charge >= 0.3 is 6.18 Å². The summed E-state index contributed by atoms with van der Waals surface area (Å²) in [5, 5.41) is 3.30. The van der Waals surface area contributed by atoms with E-state index in [0.29, 0.717) is 13.1 Å². The Kier molecular flexibility index (Phi) is 8.17. The van der Waals surface area contributed by atoms with Gasteiger partial charge in [0.05, 0.1) is 17.4 Å². The van der Waals surface area contributed by atoms with Crippen molar-refractivity contribution in [3.05, 3.63) is 23.8 Å². The number of ether oxygens (including phenoxy) is 2. The molecule has 0 spiro atoms. The summed E-state index contributed by atoms with van der Waals surface area (Å²) >= 11 is 0. The Morgan fingerprint density at radius 3 is 2.61 bits per heavy atom. The summed E-state index contributed by atoms with van der Waals surface area (Å²) in [6, 6.07) is 3.66. The van der Waals surface area contributed by atoms with Crippen LogP contribution >= 0.6 is 0 Å². The van der Waals surface area contributed by atoms with Crippen LogP contribution in [0.15, 0.2) is 18.2 Å². The normalized spacial score (nSPS) is 23.9. The summed E-state index contributed by atoms with van der Waals surface area (Å²) in [4.78, 5) is 14.4. The van der Waals surface area contributed by atoms with Gasteiger partial charge in [-0.2, -0.15) is 13.2 Å². The average molecular weight is 468 g/mol. The number of benzene rings is 1. The molecular weight excluding hydrogens is 439 g/mol. The molecule has 0 aliphatic carbocycles. The number of methoxy groups -OCH3 is 1. The van der Waals surface area contributed by atoms with E-state index in [1.165, 1.54) is 23.1 Å². The van der Waals surface area contributed by atoms with E-state index in [1.54, 1.807) is 14.2 Å². The number of rotatable bonds is 4. The van der Waals surface area contributed by atoms with Gasteiger partial charge in [-0.1, -0.05) is 6.92 Å². The number of hydrogen-bond donors (Lipinski definition) is 2. The van der Waals surface area contributed by atoms with Crippen molar-refractivity contribution in [2.24, 2.45) is 5.92 Å². The van der Waals surface area contributed by atoms with E-state index in [4.69, 9.17) is 9.47 Å². The van der Waals surface area contributed by atoms with Gasteiger partial charge in [0.15, 0.2) is 5.75 Å². The highest BCUT2D eigenvalue weighted by Gasteiger charge is 2.35. The third kappa shape index (κ3) is 7.54. The number of nitrogens with zero attached hydrogens (tertiary/aromatic N) is 1. The SMILES string of the molecule is CO[C@@H]1CN(C)C(=O)c2ccc(NS(=O)(=O)CC(F)(F)F)cc2OC[C@H](C)NC[C@H]1C. The highest BCUT2D eigenvalue weighted by Crippen LogP contribution is 2.27. The van der Waals surface area contributed by atoms with Crippen molar-refractivity contribution < 1.29 is 35.9 Å². The predicted octanol–water partition coefficient (Wildman–Crippen LogP) is 2.08. The molecule has 2 rings (SSSR count). The number of hydrogen-bond acceptors (Lipinski definition) is 6. The smallest absolute Gasteiger partial charge is 0.404 e. The Labute approximate surface area is 180 Å². The number of nitrogens with one attached hydrogen (secondary N) is 2. The first-order valence-electron chi connectivity index (χ1n) is 9.67. The van der Waals surface area contributed by atoms with Gasteiger partial charge in [0.2, 0.25) is 10.0 Å². The minimum atomic E-state index is -4.88. The highest BCUT2D eigenvalue weighted by molar-refractivity contribution is 7.92. The Balaban J connectivity index is 2.35. The predicted molar refractivity (Wildman–Crippen MR) is 110 cm³/mol. The molecule has 8 nitrogen and oxygen atoms in total. The minimum Gasteiger partial charge on any atom is -0.491 e. The first kappa shape index (κ1) is 25.2. The monoisotopic (exact) mass is 467 g/mol. The summed E-state index contributed by atoms with van der Waals surface area (Å²) in [7, 11) is -1.49. The van der Waals surface area contributed by atoms with Crippen LogP contribution in [-0.2, 0) is 14.8 Å². The van der Waals surface area contributed by atoms with E-state index in [2.05, 4.69) is 5.32 Å². The molecule has 176 valence electrons. The van der Waals surface area contributed by atoms with Gasteiger partial charge in [-0.3, -0.25) is 9.52 Å². The van der Waals surface area contributed by atoms with Crippen LogP contribution in [0.3, 0.4) is 0 Å². The lowest BCUT2D eigenvalue weighted by Gasteiger charge is -2.30. The van der Waals surface area contributed by atoms with E-state index < -0.39 is 22.0 Å². The molecule has 12 heteroatoms. The topological polar surface area (TPSA) is 97.0 Å². The molecule has 0 bridgehead atoms. The van der Waals surface area contributed by atoms with Crippen LogP contribution in [0.5, 0.6) is 5.75 Å². The standard InChI is InChI=1S/C19H28F3N3O5S/c1-12-8-23-13(2)10-30-16-7-14(24-31(27,28)11-19(20,21)22)5-6-15(16)18(26)25(3)9-17(12)29-4/h5-7,12-13,17,23-24H,8-11H2,1-4H3/t12-,13+,17-/m1/s1. The molecule has 0 radical (unpaired) electrons. The first-order valence-corrected chi connectivity index (χ1v) is 11.3. The number of alkyl halides is 3. The van der Waals surface area contributed by atoms with Crippen LogP contribution < -0.4 is 14.8 Å². The summed E-state index contributed by atoms with van der Waals surface area (Å²) in [6.45, 7) is 4.98. The Morgan fingerprint density at radius 1 is 1.32 bits per heavy atom. The average Bonchev–Trinajstić information content (AvgIpc) is 2.65. The van der Waals surface area contributed by atoms with Crippen LogP contribution in [0, 0.1) is 5.92 Å². The fourth-order valence-electron chi connectivity index (χ4n) is 3.15. The van der Waals surface area contributed by atoms with Crippen molar-refractivity contribution in [3.8, 4) is 5.75 Å². The molecule has 1 aliphatic rings. The van der Waals surface area contributed by atoms with E-state index in [1.807, 2.05) is 18.6 Å². The molecule has 1 aromatic rings. The lowest BCUT2D eigenvalue weighted by Crippen LogP contribution is -2.44. The van der Waals surface area contributed by atoms with Crippen LogP contribution in [0.25, 0.3) is 0 Å². The Bertz CT molecular complexity index is 879. The zero-order valence-electron chi connectivity index (χ0n) is 17.8. The molecule has 2 N–H and O–H groups in total. The van der Waals surface area contributed by atoms with E-state index in [0.717, 1.165) is 0 Å². The summed E-state index contributed by atoms with van der Waals surface area (Å²) in [6.07, 6.45) is -5.10. The maximum atomic E-state index is 13.0. The van der Waals surface area contributed by atoms with Crippen molar-refractivity contribution in [1.82, 2.24) is 10.2 Å². The molecule has 0 fully saturated rings. The number of carbonyl (C=O) groups excluding carboxylic acids is 1. The van der Waals surface area contributed by atoms with Gasteiger partial charge in [0, 0.05) is 39.4 Å². The number of anilines is 1. The van der Waals surface area contributed by atoms with Crippen LogP contribution in [-0.4, -0.2) is 77.2 Å². The Hall–Kier alpha value is -2.05. The second kappa shape index (κ2) is 10.0. The van der Waals surface area contributed by atoms with Crippen LogP contribution in [0.1, 0.15) is 24.2 Å². The largest absolute Gasteiger partial charge is 0.491 e. The summed E-state index contributed by atoms with van der Waals surface area (Å²) < 4.78 is 74.2. The molecule has 1 heterocycles. The van der Waals surface area contributed by atoms with Crippen LogP contribution in [0.2, 0.25) is 0 Å². The number of fused-ring (bicyclic) bond motifs is 1. The van der Waals surface area contributed by atoms with Crippen molar-refractivity contribution >= 4 is 21.6 Å². The molecule has 1 aliphatic heterocycles. The van der Waals surface area contributed by atoms with Gasteiger partial charge in [-0.15, -0.1) is 0 Å². The van der Waals surface area contributed by atoms with Gasteiger partial charge < -0.3 is 19.7 Å². The van der Waals surface area contributed by atoms with Gasteiger partial charge in [0.25, 0.3) is 5.91 Å². The molecule has 0 aromatic heterocycles. The fraction of sp³-hybridized carbons (Fsp3) is 0.632. The fourth-order valence-corrected chi connectivity index (χ4v) is 4.14. The van der Waals surface area contributed by atoms with Crippen molar-refractivity contribution in [2.45, 2.75) is 32.2 Å². The Morgan fingerprint density at radius 2 is 2.00 bits per heavy atom. The minimum absolute atomic E-state index is 0.0697. The summed E-state index contributed by atoms with van der Waals surface area (Å²) in [5.74, 6) is -2.21. The maximum Gasteiger partial charge on any atom is 0.404 e. The van der Waals surface area contributed by atoms with Crippen molar-refractivity contribution in [2.75, 3.05) is 44.3 Å². The maximum absolute atomic E-state index is 13.0. The van der Waals surface area contributed by atoms with Crippen LogP contribution in [0.4, 0.5) is 18.9 Å². The zero-order valence-corrected chi connectivity index (χ0v) is 18.6. The number of carbonyl (C=O) groups is 1. The quantitative estimate of drug-likeness (QED) is 0.704. The first-order chi connectivity index (χ1) is 14.3. The number of amides is 1. The summed E-state index contributed by atoms with van der Waals surface area (Å²) in [5.41, 5.74) is 0.0334. The van der Waals surface area contributed by atoms with E-state index in [9.17, 15) is 26.4 Å². The van der Waals surface area contributed by atoms with Crippen molar-refractivity contribution in [1.29, 1.82) is 0 Å². The zero-order chi connectivity index (χ0) is 23.4. The number of halogens is 3. The molecule has 0 saturated carbocycles. The molecular formula is C19H28F3N3O5S. The second-order valence-electron chi connectivity index (χ2n) is 7.74.